The Bertz CT molecular complexity index is 542. The maximum absolute atomic E-state index is 10.7. The summed E-state index contributed by atoms with van der Waals surface area (Å²) in [5, 5.41) is 18.2. The third-order valence-corrected chi connectivity index (χ3v) is 4.03. The van der Waals surface area contributed by atoms with Crippen LogP contribution < -0.4 is 10.6 Å². The molecule has 0 saturated carbocycles. The van der Waals surface area contributed by atoms with E-state index in [4.69, 9.17) is 11.6 Å². The monoisotopic (exact) mass is 311 g/mol. The number of nitro benzene ring substituents is 1. The highest BCUT2D eigenvalue weighted by Gasteiger charge is 2.37. The summed E-state index contributed by atoms with van der Waals surface area (Å²) in [6.45, 7) is 8.72. The summed E-state index contributed by atoms with van der Waals surface area (Å²) < 4.78 is 0. The first-order valence-electron chi connectivity index (χ1n) is 7.08. The van der Waals surface area contributed by atoms with Gasteiger partial charge in [-0.1, -0.05) is 11.6 Å². The smallest absolute Gasteiger partial charge is 0.271 e. The number of rotatable bonds is 3. The van der Waals surface area contributed by atoms with Crippen molar-refractivity contribution in [3.63, 3.8) is 0 Å². The van der Waals surface area contributed by atoms with E-state index in [1.165, 1.54) is 12.1 Å². The lowest BCUT2D eigenvalue weighted by Crippen LogP contribution is -2.60. The molecule has 1 aliphatic rings. The third kappa shape index (κ3) is 4.08. The number of anilines is 1. The lowest BCUT2D eigenvalue weighted by molar-refractivity contribution is -0.384. The molecule has 21 heavy (non-hydrogen) atoms. The van der Waals surface area contributed by atoms with Gasteiger partial charge in [0.2, 0.25) is 0 Å². The predicted molar refractivity (Wildman–Crippen MR) is 86.0 cm³/mol. The minimum Gasteiger partial charge on any atom is -0.381 e. The van der Waals surface area contributed by atoms with Gasteiger partial charge in [0.25, 0.3) is 5.69 Å². The minimum absolute atomic E-state index is 0.0107. The van der Waals surface area contributed by atoms with Gasteiger partial charge < -0.3 is 10.6 Å². The lowest BCUT2D eigenvalue weighted by atomic mass is 9.79. The van der Waals surface area contributed by atoms with Crippen LogP contribution in [0.2, 0.25) is 5.02 Å². The molecule has 5 nitrogen and oxygen atoms in total. The summed E-state index contributed by atoms with van der Waals surface area (Å²) >= 11 is 6.15. The number of hydrogen-bond acceptors (Lipinski definition) is 4. The van der Waals surface area contributed by atoms with Crippen LogP contribution in [0.1, 0.15) is 40.5 Å². The van der Waals surface area contributed by atoms with Crippen LogP contribution in [0.5, 0.6) is 0 Å². The molecule has 0 spiro atoms. The Hall–Kier alpha value is -1.33. The van der Waals surface area contributed by atoms with Gasteiger partial charge in [0.15, 0.2) is 0 Å². The predicted octanol–water partition coefficient (Wildman–Crippen LogP) is 3.97. The van der Waals surface area contributed by atoms with E-state index < -0.39 is 4.92 Å². The molecule has 1 aliphatic heterocycles. The molecular weight excluding hydrogens is 290 g/mol. The second-order valence-corrected chi connectivity index (χ2v) is 7.47. The molecule has 0 aromatic heterocycles. The molecule has 0 bridgehead atoms. The fourth-order valence-corrected chi connectivity index (χ4v) is 3.61. The highest BCUT2D eigenvalue weighted by Crippen LogP contribution is 2.33. The van der Waals surface area contributed by atoms with Crippen LogP contribution in [0.3, 0.4) is 0 Å². The topological polar surface area (TPSA) is 67.2 Å². The average molecular weight is 312 g/mol. The first-order chi connectivity index (χ1) is 9.58. The van der Waals surface area contributed by atoms with Crippen LogP contribution in [0.25, 0.3) is 0 Å². The van der Waals surface area contributed by atoms with Gasteiger partial charge in [-0.25, -0.2) is 0 Å². The Balaban J connectivity index is 2.16. The van der Waals surface area contributed by atoms with E-state index in [-0.39, 0.29) is 22.8 Å². The van der Waals surface area contributed by atoms with Gasteiger partial charge in [-0.05, 0) is 46.6 Å². The number of nitrogens with zero attached hydrogens (tertiary/aromatic N) is 1. The van der Waals surface area contributed by atoms with E-state index in [0.29, 0.717) is 5.02 Å². The van der Waals surface area contributed by atoms with Crippen molar-refractivity contribution in [2.75, 3.05) is 5.32 Å². The number of nitrogens with one attached hydrogen (secondary N) is 2. The average Bonchev–Trinajstić information content (AvgIpc) is 2.27. The van der Waals surface area contributed by atoms with Gasteiger partial charge in [0.05, 0.1) is 15.6 Å². The molecule has 1 aromatic carbocycles. The van der Waals surface area contributed by atoms with Crippen molar-refractivity contribution in [3.05, 3.63) is 33.3 Å². The van der Waals surface area contributed by atoms with Crippen molar-refractivity contribution in [1.29, 1.82) is 0 Å². The first-order valence-corrected chi connectivity index (χ1v) is 7.46. The van der Waals surface area contributed by atoms with E-state index in [1.807, 2.05) is 0 Å². The quantitative estimate of drug-likeness (QED) is 0.654. The van der Waals surface area contributed by atoms with Crippen LogP contribution in [-0.4, -0.2) is 22.0 Å². The molecule has 116 valence electrons. The minimum atomic E-state index is -0.438. The Morgan fingerprint density at radius 3 is 2.33 bits per heavy atom. The molecule has 0 radical (unpaired) electrons. The standard InChI is InChI=1S/C15H22ClN3O2/c1-14(2)8-10(9-15(3,4)18-14)17-13-6-5-11(19(20)21)7-12(13)16/h5-7,10,17-18H,8-9H2,1-4H3. The molecule has 2 rings (SSSR count). The van der Waals surface area contributed by atoms with Crippen molar-refractivity contribution in [3.8, 4) is 0 Å². The van der Waals surface area contributed by atoms with Gasteiger partial charge in [-0.2, -0.15) is 0 Å². The van der Waals surface area contributed by atoms with Gasteiger partial charge >= 0.3 is 0 Å². The van der Waals surface area contributed by atoms with Crippen molar-refractivity contribution in [2.24, 2.45) is 0 Å². The van der Waals surface area contributed by atoms with Crippen molar-refractivity contribution >= 4 is 23.0 Å². The molecule has 2 N–H and O–H groups in total. The zero-order chi connectivity index (χ0) is 15.8. The van der Waals surface area contributed by atoms with Gasteiger partial charge in [-0.15, -0.1) is 0 Å². The van der Waals surface area contributed by atoms with Gasteiger partial charge in [0, 0.05) is 29.3 Å². The summed E-state index contributed by atoms with van der Waals surface area (Å²) in [5.41, 5.74) is 0.830. The number of benzene rings is 1. The first kappa shape index (κ1) is 16.0. The van der Waals surface area contributed by atoms with E-state index >= 15 is 0 Å². The van der Waals surface area contributed by atoms with Crippen LogP contribution >= 0.6 is 11.6 Å². The highest BCUT2D eigenvalue weighted by molar-refractivity contribution is 6.33. The lowest BCUT2D eigenvalue weighted by Gasteiger charge is -2.47. The molecule has 6 heteroatoms. The van der Waals surface area contributed by atoms with Crippen molar-refractivity contribution in [2.45, 2.75) is 57.7 Å². The zero-order valence-corrected chi connectivity index (χ0v) is 13.6. The van der Waals surface area contributed by atoms with Crippen molar-refractivity contribution < 1.29 is 4.92 Å². The molecule has 0 unspecified atom stereocenters. The number of nitro groups is 1. The Morgan fingerprint density at radius 2 is 1.86 bits per heavy atom. The normalized spacial score (nSPS) is 21.0. The Kier molecular flexibility index (Phi) is 4.17. The second kappa shape index (κ2) is 5.46. The Labute approximate surface area is 130 Å². The highest BCUT2D eigenvalue weighted by atomic mass is 35.5. The van der Waals surface area contributed by atoms with Crippen LogP contribution in [0, 0.1) is 10.1 Å². The second-order valence-electron chi connectivity index (χ2n) is 7.06. The summed E-state index contributed by atoms with van der Waals surface area (Å²) in [6, 6.07) is 4.82. The number of hydrogen-bond donors (Lipinski definition) is 2. The van der Waals surface area contributed by atoms with Crippen LogP contribution in [0.4, 0.5) is 11.4 Å². The molecule has 1 aromatic rings. The molecule has 1 fully saturated rings. The summed E-state index contributed by atoms with van der Waals surface area (Å²) in [5.74, 6) is 0. The number of piperidine rings is 1. The Morgan fingerprint density at radius 1 is 1.29 bits per heavy atom. The molecule has 0 aliphatic carbocycles. The molecule has 0 atom stereocenters. The van der Waals surface area contributed by atoms with Crippen LogP contribution in [-0.2, 0) is 0 Å². The molecule has 0 amide bonds. The summed E-state index contributed by atoms with van der Waals surface area (Å²) in [4.78, 5) is 10.3. The SMILES string of the molecule is CC1(C)CC(Nc2ccc([N+](=O)[O-])cc2Cl)CC(C)(C)N1. The van der Waals surface area contributed by atoms with E-state index in [1.54, 1.807) is 6.07 Å². The summed E-state index contributed by atoms with van der Waals surface area (Å²) in [7, 11) is 0. The maximum Gasteiger partial charge on any atom is 0.271 e. The van der Waals surface area contributed by atoms with Gasteiger partial charge in [-0.3, -0.25) is 10.1 Å². The van der Waals surface area contributed by atoms with Gasteiger partial charge in [0.1, 0.15) is 0 Å². The zero-order valence-electron chi connectivity index (χ0n) is 12.9. The fraction of sp³-hybridized carbons (Fsp3) is 0.600. The maximum atomic E-state index is 10.7. The molecule has 1 heterocycles. The largest absolute Gasteiger partial charge is 0.381 e. The summed E-state index contributed by atoms with van der Waals surface area (Å²) in [6.07, 6.45) is 1.92. The van der Waals surface area contributed by atoms with E-state index in [9.17, 15) is 10.1 Å². The third-order valence-electron chi connectivity index (χ3n) is 3.71. The van der Waals surface area contributed by atoms with Crippen molar-refractivity contribution in [1.82, 2.24) is 5.32 Å². The molecular formula is C15H22ClN3O2. The molecule has 1 saturated heterocycles. The number of non-ortho nitro benzene ring substituents is 1. The van der Waals surface area contributed by atoms with E-state index in [0.717, 1.165) is 18.5 Å². The fourth-order valence-electron chi connectivity index (χ4n) is 3.38. The van der Waals surface area contributed by atoms with Crippen LogP contribution in [0.15, 0.2) is 18.2 Å². The number of halogens is 1. The van der Waals surface area contributed by atoms with E-state index in [2.05, 4.69) is 38.3 Å².